The molecule has 0 bridgehead atoms. The number of carbonyl (C=O) groups is 1. The zero-order chi connectivity index (χ0) is 6.48. The number of hydrogen-bond donors (Lipinski definition) is 1. The summed E-state index contributed by atoms with van der Waals surface area (Å²) in [4.78, 5) is 10.8. The predicted octanol–water partition coefficient (Wildman–Crippen LogP) is 0.675. The smallest absolute Gasteiger partial charge is 0.225 e. The van der Waals surface area contributed by atoms with Crippen LogP contribution in [0.3, 0.4) is 0 Å². The summed E-state index contributed by atoms with van der Waals surface area (Å²) in [7, 11) is 0. The lowest BCUT2D eigenvalue weighted by Crippen LogP contribution is -2.64. The van der Waals surface area contributed by atoms with Crippen LogP contribution < -0.4 is 5.32 Å². The second-order valence-corrected chi connectivity index (χ2v) is 3.35. The molecule has 2 rings (SSSR count). The second kappa shape index (κ2) is 1.31. The molecule has 0 aromatic carbocycles. The first kappa shape index (κ1) is 5.27. The number of nitrogens with one attached hydrogen (secondary N) is 1. The van der Waals surface area contributed by atoms with Crippen LogP contribution in [0.5, 0.6) is 0 Å². The van der Waals surface area contributed by atoms with Gasteiger partial charge in [0.15, 0.2) is 0 Å². The molecule has 0 radical (unpaired) electrons. The molecule has 1 heterocycles. The summed E-state index contributed by atoms with van der Waals surface area (Å²) < 4.78 is 0. The van der Waals surface area contributed by atoms with Crippen LogP contribution in [0.1, 0.15) is 26.2 Å². The molecule has 1 saturated carbocycles. The van der Waals surface area contributed by atoms with E-state index in [0.29, 0.717) is 5.92 Å². The molecule has 0 aromatic rings. The predicted molar refractivity (Wildman–Crippen MR) is 33.9 cm³/mol. The number of fused-ring (bicyclic) bond motifs is 1. The summed E-state index contributed by atoms with van der Waals surface area (Å²) in [6.45, 7) is 2.14. The molecule has 1 amide bonds. The minimum atomic E-state index is 0.205. The summed E-state index contributed by atoms with van der Waals surface area (Å²) in [5, 5.41) is 2.94. The van der Waals surface area contributed by atoms with Crippen molar-refractivity contribution in [3.05, 3.63) is 0 Å². The van der Waals surface area contributed by atoms with Gasteiger partial charge in [-0.25, -0.2) is 0 Å². The minimum Gasteiger partial charge on any atom is -0.350 e. The van der Waals surface area contributed by atoms with Crippen LogP contribution >= 0.6 is 0 Å². The Morgan fingerprint density at radius 1 is 1.78 bits per heavy atom. The van der Waals surface area contributed by atoms with Crippen molar-refractivity contribution >= 4 is 5.91 Å². The van der Waals surface area contributed by atoms with Crippen LogP contribution in [0.2, 0.25) is 0 Å². The van der Waals surface area contributed by atoms with Gasteiger partial charge in [0.05, 0.1) is 5.92 Å². The van der Waals surface area contributed by atoms with Gasteiger partial charge in [0.2, 0.25) is 5.91 Å². The third-order valence-corrected chi connectivity index (χ3v) is 2.68. The Bertz CT molecular complexity index is 166. The monoisotopic (exact) mass is 125 g/mol. The van der Waals surface area contributed by atoms with E-state index in [9.17, 15) is 4.79 Å². The average Bonchev–Trinajstić information content (AvgIpc) is 2.06. The van der Waals surface area contributed by atoms with Gasteiger partial charge in [0, 0.05) is 5.54 Å². The molecular weight excluding hydrogens is 114 g/mol. The average molecular weight is 125 g/mol. The van der Waals surface area contributed by atoms with Crippen LogP contribution in [0, 0.1) is 5.92 Å². The Hall–Kier alpha value is -0.530. The van der Waals surface area contributed by atoms with Crippen LogP contribution in [0.15, 0.2) is 0 Å². The Balaban J connectivity index is 2.21. The maximum Gasteiger partial charge on any atom is 0.225 e. The van der Waals surface area contributed by atoms with E-state index >= 15 is 0 Å². The third kappa shape index (κ3) is 0.485. The van der Waals surface area contributed by atoms with E-state index in [0.717, 1.165) is 6.42 Å². The Morgan fingerprint density at radius 3 is 3.00 bits per heavy atom. The maximum atomic E-state index is 10.8. The fourth-order valence-electron chi connectivity index (χ4n) is 2.03. The number of amides is 1. The summed E-state index contributed by atoms with van der Waals surface area (Å²) in [5.41, 5.74) is 0.205. The van der Waals surface area contributed by atoms with Gasteiger partial charge >= 0.3 is 0 Å². The van der Waals surface area contributed by atoms with Crippen molar-refractivity contribution in [1.29, 1.82) is 0 Å². The molecule has 50 valence electrons. The topological polar surface area (TPSA) is 29.1 Å². The van der Waals surface area contributed by atoms with Crippen LogP contribution in [-0.4, -0.2) is 11.4 Å². The number of β-lactam (4-membered cyclic amide) rings is 1. The molecule has 2 heteroatoms. The second-order valence-electron chi connectivity index (χ2n) is 3.35. The normalized spacial score (nSPS) is 47.7. The van der Waals surface area contributed by atoms with E-state index in [-0.39, 0.29) is 11.4 Å². The molecule has 0 aromatic heterocycles. The van der Waals surface area contributed by atoms with E-state index in [4.69, 9.17) is 0 Å². The Kier molecular flexibility index (Phi) is 0.765. The number of rotatable bonds is 0. The Morgan fingerprint density at radius 2 is 2.56 bits per heavy atom. The van der Waals surface area contributed by atoms with E-state index in [2.05, 4.69) is 12.2 Å². The van der Waals surface area contributed by atoms with E-state index in [1.165, 1.54) is 12.8 Å². The first-order valence-electron chi connectivity index (χ1n) is 3.54. The molecule has 2 fully saturated rings. The van der Waals surface area contributed by atoms with Crippen molar-refractivity contribution in [2.24, 2.45) is 5.92 Å². The van der Waals surface area contributed by atoms with Crippen LogP contribution in [0.4, 0.5) is 0 Å². The molecule has 9 heavy (non-hydrogen) atoms. The molecule has 1 aliphatic carbocycles. The van der Waals surface area contributed by atoms with E-state index in [1.54, 1.807) is 0 Å². The lowest BCUT2D eigenvalue weighted by molar-refractivity contribution is -0.138. The first-order valence-corrected chi connectivity index (χ1v) is 3.54. The van der Waals surface area contributed by atoms with Crippen molar-refractivity contribution in [3.8, 4) is 0 Å². The van der Waals surface area contributed by atoms with Gasteiger partial charge in [-0.3, -0.25) is 4.79 Å². The fourth-order valence-corrected chi connectivity index (χ4v) is 2.03. The third-order valence-electron chi connectivity index (χ3n) is 2.68. The molecule has 2 unspecified atom stereocenters. The minimum absolute atomic E-state index is 0.205. The van der Waals surface area contributed by atoms with Gasteiger partial charge in [-0.2, -0.15) is 0 Å². The zero-order valence-electron chi connectivity index (χ0n) is 5.61. The maximum absolute atomic E-state index is 10.8. The molecular formula is C7H11NO. The van der Waals surface area contributed by atoms with Crippen LogP contribution in [0.25, 0.3) is 0 Å². The van der Waals surface area contributed by atoms with Crippen LogP contribution in [-0.2, 0) is 4.79 Å². The molecule has 1 saturated heterocycles. The fraction of sp³-hybridized carbons (Fsp3) is 0.857. The molecule has 0 spiro atoms. The van der Waals surface area contributed by atoms with Gasteiger partial charge < -0.3 is 5.32 Å². The standard InChI is InChI=1S/C7H11NO/c1-7-4-2-3-5(7)6(9)8-7/h5H,2-4H2,1H3,(H,8,9). The highest BCUT2D eigenvalue weighted by Crippen LogP contribution is 2.41. The molecule has 2 aliphatic rings. The SMILES string of the molecule is CC12CCCC1C(=O)N2. The largest absolute Gasteiger partial charge is 0.350 e. The van der Waals surface area contributed by atoms with E-state index in [1.807, 2.05) is 0 Å². The lowest BCUT2D eigenvalue weighted by Gasteiger charge is -2.42. The highest BCUT2D eigenvalue weighted by Gasteiger charge is 2.52. The summed E-state index contributed by atoms with van der Waals surface area (Å²) in [5.74, 6) is 0.632. The Labute approximate surface area is 54.6 Å². The van der Waals surface area contributed by atoms with Gasteiger partial charge in [0.25, 0.3) is 0 Å². The first-order chi connectivity index (χ1) is 4.22. The molecule has 2 atom stereocenters. The molecule has 2 nitrogen and oxygen atoms in total. The quantitative estimate of drug-likeness (QED) is 0.474. The van der Waals surface area contributed by atoms with E-state index < -0.39 is 0 Å². The molecule has 1 N–H and O–H groups in total. The highest BCUT2D eigenvalue weighted by atomic mass is 16.2. The van der Waals surface area contributed by atoms with Gasteiger partial charge in [0.1, 0.15) is 0 Å². The lowest BCUT2D eigenvalue weighted by atomic mass is 9.80. The van der Waals surface area contributed by atoms with Gasteiger partial charge in [-0.05, 0) is 19.8 Å². The van der Waals surface area contributed by atoms with Gasteiger partial charge in [-0.1, -0.05) is 6.42 Å². The zero-order valence-corrected chi connectivity index (χ0v) is 5.61. The van der Waals surface area contributed by atoms with Crippen molar-refractivity contribution < 1.29 is 4.79 Å². The number of carbonyl (C=O) groups excluding carboxylic acids is 1. The van der Waals surface area contributed by atoms with Crippen molar-refractivity contribution in [2.75, 3.05) is 0 Å². The van der Waals surface area contributed by atoms with Crippen molar-refractivity contribution in [3.63, 3.8) is 0 Å². The summed E-state index contributed by atoms with van der Waals surface area (Å²) in [6.07, 6.45) is 3.52. The highest BCUT2D eigenvalue weighted by molar-refractivity contribution is 5.88. The van der Waals surface area contributed by atoms with Gasteiger partial charge in [-0.15, -0.1) is 0 Å². The summed E-state index contributed by atoms with van der Waals surface area (Å²) in [6, 6.07) is 0. The van der Waals surface area contributed by atoms with Crippen molar-refractivity contribution in [1.82, 2.24) is 5.32 Å². The molecule has 1 aliphatic heterocycles. The summed E-state index contributed by atoms with van der Waals surface area (Å²) >= 11 is 0. The number of hydrogen-bond acceptors (Lipinski definition) is 1. The van der Waals surface area contributed by atoms with Crippen molar-refractivity contribution in [2.45, 2.75) is 31.7 Å².